The van der Waals surface area contributed by atoms with Crippen molar-refractivity contribution in [3.05, 3.63) is 42.5 Å². The van der Waals surface area contributed by atoms with E-state index in [1.165, 1.54) is 22.1 Å². The average molecular weight is 218 g/mol. The molecule has 0 unspecified atom stereocenters. The summed E-state index contributed by atoms with van der Waals surface area (Å²) >= 11 is 1.93. The lowest BCUT2D eigenvalue weighted by Gasteiger charge is -2.04. The molecule has 0 radical (unpaired) electrons. The van der Waals surface area contributed by atoms with Crippen molar-refractivity contribution in [1.82, 2.24) is 0 Å². The molecule has 0 saturated carbocycles. The molecule has 0 aliphatic rings. The Hall–Kier alpha value is -0.990. The minimum Gasteiger partial charge on any atom is -0.358 e. The van der Waals surface area contributed by atoms with Crippen LogP contribution in [0.4, 0.5) is 0 Å². The molecule has 0 amide bonds. The number of quaternary nitrogens is 1. The molecule has 2 aromatic carbocycles. The molecule has 0 bridgehead atoms. The van der Waals surface area contributed by atoms with Gasteiger partial charge in [-0.15, -0.1) is 11.8 Å². The van der Waals surface area contributed by atoms with E-state index in [0.29, 0.717) is 0 Å². The second-order valence-corrected chi connectivity index (χ2v) is 4.67. The van der Waals surface area contributed by atoms with Crippen LogP contribution in [0.25, 0.3) is 10.8 Å². The normalized spacial score (nSPS) is 10.7. The number of hydrogen-bond acceptors (Lipinski definition) is 1. The molecule has 0 heterocycles. The summed E-state index contributed by atoms with van der Waals surface area (Å²) in [6.07, 6.45) is 1.19. The zero-order valence-corrected chi connectivity index (χ0v) is 9.59. The molecule has 0 saturated heterocycles. The van der Waals surface area contributed by atoms with Crippen LogP contribution in [0, 0.1) is 0 Å². The van der Waals surface area contributed by atoms with E-state index in [9.17, 15) is 0 Å². The van der Waals surface area contributed by atoms with Gasteiger partial charge in [0.25, 0.3) is 0 Å². The third-order valence-corrected chi connectivity index (χ3v) is 3.56. The van der Waals surface area contributed by atoms with E-state index in [4.69, 9.17) is 0 Å². The van der Waals surface area contributed by atoms with Gasteiger partial charge in [-0.1, -0.05) is 36.4 Å². The fourth-order valence-electron chi connectivity index (χ4n) is 1.61. The lowest BCUT2D eigenvalue weighted by atomic mass is 10.1. The van der Waals surface area contributed by atoms with Gasteiger partial charge in [0.15, 0.2) is 0 Å². The number of hydrogen-bond donors (Lipinski definition) is 1. The Labute approximate surface area is 94.7 Å². The van der Waals surface area contributed by atoms with Crippen molar-refractivity contribution in [3.63, 3.8) is 0 Å². The molecule has 3 N–H and O–H groups in total. The minimum absolute atomic E-state index is 1.03. The largest absolute Gasteiger partial charge is 0.358 e. The van der Waals surface area contributed by atoms with Crippen LogP contribution >= 0.6 is 11.8 Å². The Bertz CT molecular complexity index is 434. The molecule has 0 aliphatic heterocycles. The zero-order chi connectivity index (χ0) is 10.5. The molecule has 0 spiro atoms. The van der Waals surface area contributed by atoms with Gasteiger partial charge in [0, 0.05) is 17.1 Å². The predicted molar refractivity (Wildman–Crippen MR) is 67.0 cm³/mol. The Morgan fingerprint density at radius 1 is 1.00 bits per heavy atom. The van der Waals surface area contributed by atoms with Gasteiger partial charge < -0.3 is 5.73 Å². The third-order valence-electron chi connectivity index (χ3n) is 2.40. The first-order chi connectivity index (χ1) is 7.42. The molecule has 15 heavy (non-hydrogen) atoms. The van der Waals surface area contributed by atoms with Gasteiger partial charge in [-0.25, -0.2) is 0 Å². The van der Waals surface area contributed by atoms with E-state index in [0.717, 1.165) is 12.3 Å². The molecular formula is C13H16NS+. The summed E-state index contributed by atoms with van der Waals surface area (Å²) in [7, 11) is 0. The van der Waals surface area contributed by atoms with Crippen molar-refractivity contribution in [1.29, 1.82) is 0 Å². The predicted octanol–water partition coefficient (Wildman–Crippen LogP) is 2.56. The molecule has 0 atom stereocenters. The molecule has 78 valence electrons. The highest BCUT2D eigenvalue weighted by atomic mass is 32.2. The van der Waals surface area contributed by atoms with E-state index in [1.54, 1.807) is 0 Å². The van der Waals surface area contributed by atoms with E-state index in [2.05, 4.69) is 48.2 Å². The summed E-state index contributed by atoms with van der Waals surface area (Å²) in [5, 5.41) is 2.70. The number of thioether (sulfide) groups is 1. The van der Waals surface area contributed by atoms with Crippen LogP contribution < -0.4 is 5.73 Å². The summed E-state index contributed by atoms with van der Waals surface area (Å²) in [5.41, 5.74) is 3.87. The summed E-state index contributed by atoms with van der Waals surface area (Å²) in [6.45, 7) is 1.03. The highest BCUT2D eigenvalue weighted by molar-refractivity contribution is 7.99. The first kappa shape index (κ1) is 10.5. The van der Waals surface area contributed by atoms with Crippen LogP contribution in [-0.4, -0.2) is 12.3 Å². The molecule has 0 aromatic heterocycles. The van der Waals surface area contributed by atoms with E-state index in [-0.39, 0.29) is 0 Å². The molecule has 0 fully saturated rings. The first-order valence-corrected chi connectivity index (χ1v) is 6.30. The van der Waals surface area contributed by atoms with Crippen molar-refractivity contribution in [2.45, 2.75) is 11.3 Å². The third kappa shape index (κ3) is 2.52. The standard InChI is InChI=1S/C13H15NS/c14-9-4-10-15-13-8-3-6-11-5-1-2-7-12(11)13/h1-3,5-8H,4,9-10,14H2/p+1. The maximum absolute atomic E-state index is 3.87. The van der Waals surface area contributed by atoms with Gasteiger partial charge in [0.1, 0.15) is 0 Å². The van der Waals surface area contributed by atoms with Crippen molar-refractivity contribution < 1.29 is 5.73 Å². The molecule has 0 aliphatic carbocycles. The van der Waals surface area contributed by atoms with Crippen molar-refractivity contribution in [3.8, 4) is 0 Å². The molecule has 1 nitrogen and oxygen atoms in total. The van der Waals surface area contributed by atoms with Gasteiger partial charge in [-0.3, -0.25) is 0 Å². The lowest BCUT2D eigenvalue weighted by molar-refractivity contribution is -0.367. The van der Waals surface area contributed by atoms with Gasteiger partial charge in [-0.05, 0) is 16.8 Å². The molecule has 2 rings (SSSR count). The molecular weight excluding hydrogens is 202 g/mol. The maximum atomic E-state index is 3.87. The number of rotatable bonds is 4. The van der Waals surface area contributed by atoms with Gasteiger partial charge in [-0.2, -0.15) is 0 Å². The van der Waals surface area contributed by atoms with E-state index < -0.39 is 0 Å². The minimum atomic E-state index is 1.03. The van der Waals surface area contributed by atoms with Crippen LogP contribution in [0.15, 0.2) is 47.4 Å². The Kier molecular flexibility index (Phi) is 3.64. The second-order valence-electron chi connectivity index (χ2n) is 3.53. The fourth-order valence-corrected chi connectivity index (χ4v) is 2.69. The highest BCUT2D eigenvalue weighted by Crippen LogP contribution is 2.27. The monoisotopic (exact) mass is 218 g/mol. The van der Waals surface area contributed by atoms with Gasteiger partial charge >= 0.3 is 0 Å². The van der Waals surface area contributed by atoms with Crippen LogP contribution in [0.3, 0.4) is 0 Å². The number of fused-ring (bicyclic) bond motifs is 1. The summed E-state index contributed by atoms with van der Waals surface area (Å²) in [4.78, 5) is 1.39. The Morgan fingerprint density at radius 3 is 2.67 bits per heavy atom. The Balaban J connectivity index is 2.26. The second kappa shape index (κ2) is 5.19. The summed E-state index contributed by atoms with van der Waals surface area (Å²) in [6, 6.07) is 15.1. The lowest BCUT2D eigenvalue weighted by Crippen LogP contribution is -2.50. The quantitative estimate of drug-likeness (QED) is 0.620. The topological polar surface area (TPSA) is 27.6 Å². The first-order valence-electron chi connectivity index (χ1n) is 5.31. The zero-order valence-electron chi connectivity index (χ0n) is 8.78. The van der Waals surface area contributed by atoms with Crippen molar-refractivity contribution >= 4 is 22.5 Å². The van der Waals surface area contributed by atoms with Crippen LogP contribution in [0.2, 0.25) is 0 Å². The van der Waals surface area contributed by atoms with Crippen LogP contribution in [0.5, 0.6) is 0 Å². The molecule has 2 heteroatoms. The van der Waals surface area contributed by atoms with E-state index >= 15 is 0 Å². The summed E-state index contributed by atoms with van der Waals surface area (Å²) < 4.78 is 0. The maximum Gasteiger partial charge on any atom is 0.0747 e. The van der Waals surface area contributed by atoms with Crippen LogP contribution in [0.1, 0.15) is 6.42 Å². The Morgan fingerprint density at radius 2 is 1.80 bits per heavy atom. The van der Waals surface area contributed by atoms with Crippen molar-refractivity contribution in [2.24, 2.45) is 0 Å². The van der Waals surface area contributed by atoms with Gasteiger partial charge in [0.2, 0.25) is 0 Å². The van der Waals surface area contributed by atoms with Gasteiger partial charge in [0.05, 0.1) is 6.54 Å². The SMILES string of the molecule is [NH3+]CCCSc1cccc2ccccc12. The van der Waals surface area contributed by atoms with Crippen LogP contribution in [-0.2, 0) is 0 Å². The highest BCUT2D eigenvalue weighted by Gasteiger charge is 1.99. The molecule has 2 aromatic rings. The average Bonchev–Trinajstić information content (AvgIpc) is 2.30. The van der Waals surface area contributed by atoms with E-state index in [1.807, 2.05) is 11.8 Å². The van der Waals surface area contributed by atoms with Crippen molar-refractivity contribution in [2.75, 3.05) is 12.3 Å². The fraction of sp³-hybridized carbons (Fsp3) is 0.231. The number of benzene rings is 2. The smallest absolute Gasteiger partial charge is 0.0747 e. The summed E-state index contributed by atoms with van der Waals surface area (Å²) in [5.74, 6) is 1.16.